The molecule has 8 heteroatoms. The molecule has 0 aromatic heterocycles. The van der Waals surface area contributed by atoms with Crippen LogP contribution in [0.2, 0.25) is 0 Å². The fourth-order valence-corrected chi connectivity index (χ4v) is 4.45. The Morgan fingerprint density at radius 2 is 1.61 bits per heavy atom. The first kappa shape index (κ1) is 24.3. The summed E-state index contributed by atoms with van der Waals surface area (Å²) in [5, 5.41) is 2.71. The Morgan fingerprint density at radius 3 is 2.21 bits per heavy atom. The summed E-state index contributed by atoms with van der Waals surface area (Å²) in [4.78, 5) is 12.6. The third-order valence-electron chi connectivity index (χ3n) is 5.03. The molecule has 1 amide bonds. The number of amides is 1. The van der Waals surface area contributed by atoms with Gasteiger partial charge in [0.1, 0.15) is 22.1 Å². The first-order chi connectivity index (χ1) is 15.7. The molecule has 0 saturated heterocycles. The second kappa shape index (κ2) is 10.5. The number of methoxy groups -OCH3 is 1. The molecule has 0 saturated carbocycles. The number of rotatable bonds is 9. The number of likely N-dealkylation sites (N-methyl/N-ethyl adjacent to an activating group) is 1. The van der Waals surface area contributed by atoms with Crippen LogP contribution in [0, 0.1) is 0 Å². The van der Waals surface area contributed by atoms with Crippen LogP contribution in [0.4, 0.5) is 5.69 Å². The zero-order valence-electron chi connectivity index (χ0n) is 19.1. The molecule has 1 N–H and O–H groups in total. The predicted molar refractivity (Wildman–Crippen MR) is 128 cm³/mol. The van der Waals surface area contributed by atoms with Gasteiger partial charge in [-0.25, -0.2) is 8.42 Å². The largest absolute Gasteiger partial charge is 0.495 e. The van der Waals surface area contributed by atoms with E-state index in [4.69, 9.17) is 9.47 Å². The first-order valence-corrected chi connectivity index (χ1v) is 11.9. The highest BCUT2D eigenvalue weighted by Crippen LogP contribution is 2.30. The van der Waals surface area contributed by atoms with Gasteiger partial charge in [-0.05, 0) is 60.0 Å². The van der Waals surface area contributed by atoms with Crippen molar-refractivity contribution < 1.29 is 22.7 Å². The molecule has 3 aromatic carbocycles. The molecule has 0 aliphatic carbocycles. The number of hydrogen-bond acceptors (Lipinski definition) is 5. The van der Waals surface area contributed by atoms with Crippen molar-refractivity contribution in [1.29, 1.82) is 0 Å². The van der Waals surface area contributed by atoms with Crippen LogP contribution in [-0.4, -0.2) is 39.3 Å². The average Bonchev–Trinajstić information content (AvgIpc) is 2.80. The van der Waals surface area contributed by atoms with E-state index in [1.165, 1.54) is 14.2 Å². The van der Waals surface area contributed by atoms with Gasteiger partial charge in [0.25, 0.3) is 0 Å². The lowest BCUT2D eigenvalue weighted by Crippen LogP contribution is -2.35. The molecule has 0 radical (unpaired) electrons. The average molecular weight is 469 g/mol. The van der Waals surface area contributed by atoms with E-state index >= 15 is 0 Å². The number of carbonyl (C=O) groups is 1. The minimum absolute atomic E-state index is 0.0360. The second-order valence-corrected chi connectivity index (χ2v) is 9.83. The number of anilines is 1. The fraction of sp³-hybridized carbons (Fsp3) is 0.240. The molecule has 7 nitrogen and oxygen atoms in total. The smallest absolute Gasteiger partial charge is 0.246 e. The SMILES string of the molecule is COc1ccc(C(C)C)cc1S(=O)(=O)N(C)CC(=O)Nc1ccc(Oc2ccccc2)cc1. The molecule has 0 bridgehead atoms. The molecular formula is C25H28N2O5S. The van der Waals surface area contributed by atoms with Crippen molar-refractivity contribution in [2.24, 2.45) is 0 Å². The minimum atomic E-state index is -3.94. The molecule has 3 aromatic rings. The molecule has 0 spiro atoms. The zero-order valence-corrected chi connectivity index (χ0v) is 19.9. The van der Waals surface area contributed by atoms with Crippen LogP contribution in [0.15, 0.2) is 77.7 Å². The maximum absolute atomic E-state index is 13.1. The van der Waals surface area contributed by atoms with E-state index in [0.717, 1.165) is 9.87 Å². The molecular weight excluding hydrogens is 440 g/mol. The lowest BCUT2D eigenvalue weighted by Gasteiger charge is -2.20. The summed E-state index contributed by atoms with van der Waals surface area (Å²) >= 11 is 0. The molecule has 0 aliphatic heterocycles. The number of nitrogens with zero attached hydrogens (tertiary/aromatic N) is 1. The van der Waals surface area contributed by atoms with E-state index in [1.807, 2.05) is 50.2 Å². The second-order valence-electron chi connectivity index (χ2n) is 7.81. The summed E-state index contributed by atoms with van der Waals surface area (Å²) in [5.41, 5.74) is 1.40. The molecule has 0 aliphatic rings. The Hall–Kier alpha value is -3.36. The Balaban J connectivity index is 1.67. The number of benzene rings is 3. The quantitative estimate of drug-likeness (QED) is 0.484. The Kier molecular flexibility index (Phi) is 7.73. The number of nitrogens with one attached hydrogen (secondary N) is 1. The van der Waals surface area contributed by atoms with Crippen LogP contribution in [-0.2, 0) is 14.8 Å². The van der Waals surface area contributed by atoms with E-state index in [1.54, 1.807) is 36.4 Å². The maximum Gasteiger partial charge on any atom is 0.246 e. The van der Waals surface area contributed by atoms with E-state index in [0.29, 0.717) is 17.2 Å². The zero-order chi connectivity index (χ0) is 24.0. The topological polar surface area (TPSA) is 84.9 Å². The van der Waals surface area contributed by atoms with Crippen LogP contribution in [0.1, 0.15) is 25.3 Å². The molecule has 174 valence electrons. The molecule has 0 fully saturated rings. The maximum atomic E-state index is 13.1. The van der Waals surface area contributed by atoms with Crippen molar-refractivity contribution >= 4 is 21.6 Å². The molecule has 0 unspecified atom stereocenters. The van der Waals surface area contributed by atoms with Gasteiger partial charge in [-0.3, -0.25) is 4.79 Å². The monoisotopic (exact) mass is 468 g/mol. The molecule has 33 heavy (non-hydrogen) atoms. The van der Waals surface area contributed by atoms with Crippen LogP contribution >= 0.6 is 0 Å². The van der Waals surface area contributed by atoms with E-state index in [-0.39, 0.29) is 23.1 Å². The van der Waals surface area contributed by atoms with Crippen molar-refractivity contribution in [2.75, 3.05) is 26.0 Å². The fourth-order valence-electron chi connectivity index (χ4n) is 3.14. The molecule has 0 heterocycles. The third kappa shape index (κ3) is 6.12. The highest BCUT2D eigenvalue weighted by molar-refractivity contribution is 7.89. The summed E-state index contributed by atoms with van der Waals surface area (Å²) < 4.78 is 38.3. The van der Waals surface area contributed by atoms with Gasteiger partial charge in [-0.15, -0.1) is 0 Å². The number of sulfonamides is 1. The van der Waals surface area contributed by atoms with Crippen molar-refractivity contribution in [1.82, 2.24) is 4.31 Å². The van der Waals surface area contributed by atoms with Crippen LogP contribution in [0.3, 0.4) is 0 Å². The molecule has 3 rings (SSSR count). The van der Waals surface area contributed by atoms with Crippen molar-refractivity contribution in [3.63, 3.8) is 0 Å². The van der Waals surface area contributed by atoms with Gasteiger partial charge in [0.15, 0.2) is 0 Å². The summed E-state index contributed by atoms with van der Waals surface area (Å²) in [5.74, 6) is 1.25. The number of ether oxygens (including phenoxy) is 2. The van der Waals surface area contributed by atoms with E-state index < -0.39 is 15.9 Å². The van der Waals surface area contributed by atoms with Gasteiger partial charge < -0.3 is 14.8 Å². The number of carbonyl (C=O) groups excluding carboxylic acids is 1. The van der Waals surface area contributed by atoms with Crippen LogP contribution < -0.4 is 14.8 Å². The predicted octanol–water partition coefficient (Wildman–Crippen LogP) is 4.87. The van der Waals surface area contributed by atoms with Crippen molar-refractivity contribution in [2.45, 2.75) is 24.7 Å². The van der Waals surface area contributed by atoms with Crippen molar-refractivity contribution in [3.05, 3.63) is 78.4 Å². The lowest BCUT2D eigenvalue weighted by molar-refractivity contribution is -0.116. The van der Waals surface area contributed by atoms with Gasteiger partial charge in [0.05, 0.1) is 13.7 Å². The highest BCUT2D eigenvalue weighted by Gasteiger charge is 2.27. The Bertz CT molecular complexity index is 1190. The molecule has 0 atom stereocenters. The normalized spacial score (nSPS) is 11.5. The van der Waals surface area contributed by atoms with Gasteiger partial charge in [-0.1, -0.05) is 38.1 Å². The highest BCUT2D eigenvalue weighted by atomic mass is 32.2. The van der Waals surface area contributed by atoms with E-state index in [2.05, 4.69) is 5.32 Å². The Morgan fingerprint density at radius 1 is 0.970 bits per heavy atom. The summed E-state index contributed by atoms with van der Waals surface area (Å²) in [6, 6.07) is 21.3. The standard InChI is InChI=1S/C25H28N2O5S/c1-18(2)19-10-15-23(31-4)24(16-19)33(29,30)27(3)17-25(28)26-20-11-13-22(14-12-20)32-21-8-6-5-7-9-21/h5-16,18H,17H2,1-4H3,(H,26,28). The van der Waals surface area contributed by atoms with E-state index in [9.17, 15) is 13.2 Å². The van der Waals surface area contributed by atoms with Gasteiger partial charge in [-0.2, -0.15) is 4.31 Å². The number of hydrogen-bond donors (Lipinski definition) is 1. The van der Waals surface area contributed by atoms with Crippen LogP contribution in [0.5, 0.6) is 17.2 Å². The number of para-hydroxylation sites is 1. The summed E-state index contributed by atoms with van der Waals surface area (Å²) in [6.45, 7) is 3.61. The van der Waals surface area contributed by atoms with Gasteiger partial charge in [0.2, 0.25) is 15.9 Å². The lowest BCUT2D eigenvalue weighted by atomic mass is 10.0. The Labute approximate surface area is 195 Å². The summed E-state index contributed by atoms with van der Waals surface area (Å²) in [7, 11) is -1.15. The van der Waals surface area contributed by atoms with Gasteiger partial charge in [0, 0.05) is 12.7 Å². The third-order valence-corrected chi connectivity index (χ3v) is 6.85. The van der Waals surface area contributed by atoms with Crippen molar-refractivity contribution in [3.8, 4) is 17.2 Å². The van der Waals surface area contributed by atoms with Crippen LogP contribution in [0.25, 0.3) is 0 Å². The van der Waals surface area contributed by atoms with Gasteiger partial charge >= 0.3 is 0 Å². The minimum Gasteiger partial charge on any atom is -0.495 e. The summed E-state index contributed by atoms with van der Waals surface area (Å²) in [6.07, 6.45) is 0. The first-order valence-electron chi connectivity index (χ1n) is 10.5.